The molecule has 1 saturated heterocycles. The zero-order valence-electron chi connectivity index (χ0n) is 16.8. The summed E-state index contributed by atoms with van der Waals surface area (Å²) in [6, 6.07) is 5.97. The van der Waals surface area contributed by atoms with Crippen LogP contribution >= 0.6 is 0 Å². The van der Waals surface area contributed by atoms with Crippen molar-refractivity contribution in [1.29, 1.82) is 0 Å². The number of nitrogens with zero attached hydrogens (tertiary/aromatic N) is 4. The molecule has 1 unspecified atom stereocenters. The minimum atomic E-state index is -0.425. The summed E-state index contributed by atoms with van der Waals surface area (Å²) in [5.41, 5.74) is 2.89. The number of likely N-dealkylation sites (tertiary alicyclic amines) is 1. The Morgan fingerprint density at radius 3 is 2.86 bits per heavy atom. The van der Waals surface area contributed by atoms with E-state index in [1.807, 2.05) is 18.7 Å². The fourth-order valence-corrected chi connectivity index (χ4v) is 3.70. The lowest BCUT2D eigenvalue weighted by atomic mass is 9.97. The van der Waals surface area contributed by atoms with Crippen LogP contribution in [0.2, 0.25) is 0 Å². The normalized spacial score (nSPS) is 16.8. The molecule has 1 amide bonds. The van der Waals surface area contributed by atoms with Crippen molar-refractivity contribution in [1.82, 2.24) is 24.6 Å². The third-order valence-corrected chi connectivity index (χ3v) is 5.41. The van der Waals surface area contributed by atoms with E-state index in [9.17, 15) is 9.18 Å². The molecule has 2 aromatic heterocycles. The van der Waals surface area contributed by atoms with Crippen LogP contribution in [0.15, 0.2) is 30.5 Å². The Kier molecular flexibility index (Phi) is 5.08. The second-order valence-electron chi connectivity index (χ2n) is 7.42. The molecule has 0 bridgehead atoms. The number of benzene rings is 1. The summed E-state index contributed by atoms with van der Waals surface area (Å²) in [5.74, 6) is 0.971. The summed E-state index contributed by atoms with van der Waals surface area (Å²) in [6.45, 7) is 5.28. The van der Waals surface area contributed by atoms with Crippen molar-refractivity contribution in [2.24, 2.45) is 0 Å². The van der Waals surface area contributed by atoms with Crippen molar-refractivity contribution in [3.05, 3.63) is 59.2 Å². The molecule has 4 rings (SSSR count). The van der Waals surface area contributed by atoms with E-state index >= 15 is 0 Å². The van der Waals surface area contributed by atoms with Crippen molar-refractivity contribution in [3.63, 3.8) is 0 Å². The summed E-state index contributed by atoms with van der Waals surface area (Å²) in [7, 11) is 1.48. The Labute approximate surface area is 168 Å². The van der Waals surface area contributed by atoms with Crippen molar-refractivity contribution in [2.45, 2.75) is 32.6 Å². The van der Waals surface area contributed by atoms with Crippen LogP contribution in [-0.2, 0) is 0 Å². The molecule has 1 N–H and O–H groups in total. The quantitative estimate of drug-likeness (QED) is 0.732. The Hall–Kier alpha value is -3.16. The third-order valence-electron chi connectivity index (χ3n) is 5.41. The first-order valence-corrected chi connectivity index (χ1v) is 9.67. The second-order valence-corrected chi connectivity index (χ2v) is 7.42. The summed E-state index contributed by atoms with van der Waals surface area (Å²) in [6.07, 6.45) is 3.56. The lowest BCUT2D eigenvalue weighted by molar-refractivity contribution is 0.0698. The number of hydrogen-bond acceptors (Lipinski definition) is 4. The molecule has 3 aromatic rings. The SMILES string of the molecule is COc1cc(F)cc(-n2ccc(C(=O)N3CCCC(c4nc(C)c(C)[nH]4)C3)n2)c1. The number of amides is 1. The summed E-state index contributed by atoms with van der Waals surface area (Å²) in [5, 5.41) is 4.37. The van der Waals surface area contributed by atoms with Crippen molar-refractivity contribution >= 4 is 5.91 Å². The predicted molar refractivity (Wildman–Crippen MR) is 106 cm³/mol. The van der Waals surface area contributed by atoms with E-state index in [0.717, 1.165) is 30.1 Å². The molecular formula is C21H24FN5O2. The number of aromatic amines is 1. The molecule has 7 nitrogen and oxygen atoms in total. The zero-order chi connectivity index (χ0) is 20.5. The largest absolute Gasteiger partial charge is 0.497 e. The maximum Gasteiger partial charge on any atom is 0.274 e. The number of carbonyl (C=O) groups excluding carboxylic acids is 1. The van der Waals surface area contributed by atoms with Crippen LogP contribution in [0.1, 0.15) is 46.5 Å². The summed E-state index contributed by atoms with van der Waals surface area (Å²) < 4.78 is 20.4. The molecule has 0 radical (unpaired) electrons. The Balaban J connectivity index is 1.52. The number of hydrogen-bond donors (Lipinski definition) is 1. The topological polar surface area (TPSA) is 76.0 Å². The monoisotopic (exact) mass is 397 g/mol. The highest BCUT2D eigenvalue weighted by Gasteiger charge is 2.28. The Morgan fingerprint density at radius 1 is 1.31 bits per heavy atom. The number of H-pyrrole nitrogens is 1. The van der Waals surface area contributed by atoms with E-state index in [1.165, 1.54) is 23.9 Å². The second kappa shape index (κ2) is 7.69. The van der Waals surface area contributed by atoms with Crippen LogP contribution in [-0.4, -0.2) is 50.8 Å². The van der Waals surface area contributed by atoms with E-state index in [1.54, 1.807) is 18.3 Å². The number of imidazole rings is 1. The highest BCUT2D eigenvalue weighted by Crippen LogP contribution is 2.27. The van der Waals surface area contributed by atoms with Crippen LogP contribution in [0.25, 0.3) is 5.69 Å². The number of halogens is 1. The molecule has 1 aliphatic rings. The van der Waals surface area contributed by atoms with Crippen molar-refractivity contribution in [3.8, 4) is 11.4 Å². The van der Waals surface area contributed by atoms with E-state index in [-0.39, 0.29) is 11.8 Å². The lowest BCUT2D eigenvalue weighted by Gasteiger charge is -2.31. The molecule has 1 aromatic carbocycles. The molecule has 1 fully saturated rings. The maximum absolute atomic E-state index is 13.8. The van der Waals surface area contributed by atoms with Gasteiger partial charge in [0.15, 0.2) is 5.69 Å². The van der Waals surface area contributed by atoms with Gasteiger partial charge in [-0.25, -0.2) is 14.1 Å². The van der Waals surface area contributed by atoms with Gasteiger partial charge in [0, 0.05) is 43.0 Å². The van der Waals surface area contributed by atoms with Gasteiger partial charge in [0.25, 0.3) is 5.91 Å². The standard InChI is InChI=1S/C21H24FN5O2/c1-13-14(2)24-20(23-13)15-5-4-7-26(12-15)21(28)19-6-8-27(25-19)17-9-16(22)10-18(11-17)29-3/h6,8-11,15H,4-5,7,12H2,1-3H3,(H,23,24). The highest BCUT2D eigenvalue weighted by atomic mass is 19.1. The first-order chi connectivity index (χ1) is 13.9. The molecule has 29 heavy (non-hydrogen) atoms. The summed E-state index contributed by atoms with van der Waals surface area (Å²) in [4.78, 5) is 22.8. The number of piperidine rings is 1. The van der Waals surface area contributed by atoms with Crippen molar-refractivity contribution in [2.75, 3.05) is 20.2 Å². The molecule has 152 valence electrons. The molecule has 1 aliphatic heterocycles. The number of nitrogens with one attached hydrogen (secondary N) is 1. The predicted octanol–water partition coefficient (Wildman–Crippen LogP) is 3.38. The van der Waals surface area contributed by atoms with E-state index in [4.69, 9.17) is 4.74 Å². The number of rotatable bonds is 4. The van der Waals surface area contributed by atoms with Gasteiger partial charge < -0.3 is 14.6 Å². The number of aryl methyl sites for hydroxylation is 2. The number of methoxy groups -OCH3 is 1. The lowest BCUT2D eigenvalue weighted by Crippen LogP contribution is -2.39. The molecule has 8 heteroatoms. The third kappa shape index (κ3) is 3.87. The minimum absolute atomic E-state index is 0.128. The van der Waals surface area contributed by atoms with Gasteiger partial charge >= 0.3 is 0 Å². The molecule has 0 spiro atoms. The maximum atomic E-state index is 13.8. The number of aromatic nitrogens is 4. The fourth-order valence-electron chi connectivity index (χ4n) is 3.70. The first-order valence-electron chi connectivity index (χ1n) is 9.67. The highest BCUT2D eigenvalue weighted by molar-refractivity contribution is 5.92. The number of carbonyl (C=O) groups is 1. The average Bonchev–Trinajstić information content (AvgIpc) is 3.34. The van der Waals surface area contributed by atoms with Gasteiger partial charge in [-0.3, -0.25) is 4.79 Å². The van der Waals surface area contributed by atoms with Crippen LogP contribution in [0.5, 0.6) is 5.75 Å². The van der Waals surface area contributed by atoms with E-state index in [0.29, 0.717) is 30.2 Å². The van der Waals surface area contributed by atoms with Gasteiger partial charge in [0.1, 0.15) is 17.4 Å². The zero-order valence-corrected chi connectivity index (χ0v) is 16.8. The Morgan fingerprint density at radius 2 is 2.14 bits per heavy atom. The van der Waals surface area contributed by atoms with Crippen LogP contribution in [0.4, 0.5) is 4.39 Å². The van der Waals surface area contributed by atoms with E-state index < -0.39 is 5.82 Å². The molecule has 1 atom stereocenters. The van der Waals surface area contributed by atoms with Crippen molar-refractivity contribution < 1.29 is 13.9 Å². The van der Waals surface area contributed by atoms with Crippen LogP contribution in [0, 0.1) is 19.7 Å². The summed E-state index contributed by atoms with van der Waals surface area (Å²) >= 11 is 0. The van der Waals surface area contributed by atoms with Gasteiger partial charge in [0.2, 0.25) is 0 Å². The van der Waals surface area contributed by atoms with E-state index in [2.05, 4.69) is 15.1 Å². The number of ether oxygens (including phenoxy) is 1. The van der Waals surface area contributed by atoms with Crippen LogP contribution < -0.4 is 4.74 Å². The molecule has 0 aliphatic carbocycles. The van der Waals surface area contributed by atoms with Gasteiger partial charge in [-0.2, -0.15) is 5.10 Å². The Bertz CT molecular complexity index is 1020. The molecular weight excluding hydrogens is 373 g/mol. The minimum Gasteiger partial charge on any atom is -0.497 e. The molecule has 3 heterocycles. The van der Waals surface area contributed by atoms with Gasteiger partial charge in [0.05, 0.1) is 18.5 Å². The van der Waals surface area contributed by atoms with Gasteiger partial charge in [-0.15, -0.1) is 0 Å². The van der Waals surface area contributed by atoms with Gasteiger partial charge in [-0.05, 0) is 38.8 Å². The molecule has 0 saturated carbocycles. The van der Waals surface area contributed by atoms with Crippen LogP contribution in [0.3, 0.4) is 0 Å². The smallest absolute Gasteiger partial charge is 0.274 e. The van der Waals surface area contributed by atoms with Gasteiger partial charge in [-0.1, -0.05) is 0 Å². The average molecular weight is 397 g/mol. The fraction of sp³-hybridized carbons (Fsp3) is 0.381. The first kappa shape index (κ1) is 19.2.